The molecule has 15 heavy (non-hydrogen) atoms. The SMILES string of the molecule is CCc1nn(C)cc1-n1nncc1CN. The third kappa shape index (κ3) is 1.63. The first-order valence-electron chi connectivity index (χ1n) is 4.88. The first-order chi connectivity index (χ1) is 7.26. The highest BCUT2D eigenvalue weighted by Gasteiger charge is 2.11. The number of aryl methyl sites for hydroxylation is 2. The molecule has 2 rings (SSSR count). The van der Waals surface area contributed by atoms with Gasteiger partial charge in [0.1, 0.15) is 5.69 Å². The summed E-state index contributed by atoms with van der Waals surface area (Å²) in [7, 11) is 1.89. The lowest BCUT2D eigenvalue weighted by atomic mass is 10.3. The van der Waals surface area contributed by atoms with Crippen LogP contribution in [0.25, 0.3) is 5.69 Å². The average Bonchev–Trinajstić information content (AvgIpc) is 2.82. The molecule has 80 valence electrons. The van der Waals surface area contributed by atoms with Crippen LogP contribution < -0.4 is 5.73 Å². The summed E-state index contributed by atoms with van der Waals surface area (Å²) in [6, 6.07) is 0. The monoisotopic (exact) mass is 206 g/mol. The number of hydrogen-bond acceptors (Lipinski definition) is 4. The Morgan fingerprint density at radius 2 is 2.27 bits per heavy atom. The van der Waals surface area contributed by atoms with Gasteiger partial charge < -0.3 is 5.73 Å². The van der Waals surface area contributed by atoms with Crippen LogP contribution in [-0.2, 0) is 20.0 Å². The molecular weight excluding hydrogens is 192 g/mol. The maximum atomic E-state index is 5.60. The zero-order chi connectivity index (χ0) is 10.8. The largest absolute Gasteiger partial charge is 0.325 e. The Hall–Kier alpha value is -1.69. The van der Waals surface area contributed by atoms with E-state index in [1.165, 1.54) is 0 Å². The van der Waals surface area contributed by atoms with Crippen LogP contribution in [-0.4, -0.2) is 24.8 Å². The zero-order valence-electron chi connectivity index (χ0n) is 8.88. The van der Waals surface area contributed by atoms with Gasteiger partial charge in [0, 0.05) is 13.6 Å². The van der Waals surface area contributed by atoms with Crippen LogP contribution in [0, 0.1) is 0 Å². The molecule has 0 aliphatic carbocycles. The first kappa shape index (κ1) is 9.85. The van der Waals surface area contributed by atoms with E-state index in [9.17, 15) is 0 Å². The molecule has 6 nitrogen and oxygen atoms in total. The summed E-state index contributed by atoms with van der Waals surface area (Å²) >= 11 is 0. The Bertz CT molecular complexity index is 455. The standard InChI is InChI=1S/C9H14N6/c1-3-8-9(6-14(2)12-8)15-7(4-10)5-11-13-15/h5-6H,3-4,10H2,1-2H3. The molecule has 2 N–H and O–H groups in total. The second-order valence-electron chi connectivity index (χ2n) is 3.33. The van der Waals surface area contributed by atoms with Gasteiger partial charge in [0.2, 0.25) is 0 Å². The minimum atomic E-state index is 0.422. The molecular formula is C9H14N6. The van der Waals surface area contributed by atoms with E-state index in [0.717, 1.165) is 23.5 Å². The highest BCUT2D eigenvalue weighted by Crippen LogP contribution is 2.13. The zero-order valence-corrected chi connectivity index (χ0v) is 8.88. The number of rotatable bonds is 3. The predicted molar refractivity (Wildman–Crippen MR) is 55.4 cm³/mol. The highest BCUT2D eigenvalue weighted by molar-refractivity contribution is 5.34. The van der Waals surface area contributed by atoms with Crippen molar-refractivity contribution in [3.05, 3.63) is 23.8 Å². The minimum absolute atomic E-state index is 0.422. The molecule has 2 heterocycles. The van der Waals surface area contributed by atoms with Gasteiger partial charge in [0.05, 0.1) is 23.8 Å². The van der Waals surface area contributed by atoms with Gasteiger partial charge in [-0.1, -0.05) is 12.1 Å². The van der Waals surface area contributed by atoms with Crippen LogP contribution in [0.15, 0.2) is 12.4 Å². The summed E-state index contributed by atoms with van der Waals surface area (Å²) in [4.78, 5) is 0. The van der Waals surface area contributed by atoms with E-state index in [2.05, 4.69) is 22.3 Å². The molecule has 0 unspecified atom stereocenters. The third-order valence-corrected chi connectivity index (χ3v) is 2.28. The van der Waals surface area contributed by atoms with E-state index in [1.807, 2.05) is 13.2 Å². The summed E-state index contributed by atoms with van der Waals surface area (Å²) < 4.78 is 3.52. The molecule has 6 heteroatoms. The summed E-state index contributed by atoms with van der Waals surface area (Å²) in [6.07, 6.45) is 4.46. The van der Waals surface area contributed by atoms with Gasteiger partial charge in [0.15, 0.2) is 0 Å². The summed E-state index contributed by atoms with van der Waals surface area (Å²) in [5, 5.41) is 12.2. The van der Waals surface area contributed by atoms with Gasteiger partial charge in [-0.15, -0.1) is 5.10 Å². The molecule has 0 atom stereocenters. The van der Waals surface area contributed by atoms with Gasteiger partial charge in [-0.05, 0) is 6.42 Å². The fourth-order valence-electron chi connectivity index (χ4n) is 1.55. The molecule has 0 amide bonds. The first-order valence-corrected chi connectivity index (χ1v) is 4.88. The Kier molecular flexibility index (Phi) is 2.51. The molecule has 2 aromatic heterocycles. The lowest BCUT2D eigenvalue weighted by Crippen LogP contribution is -2.07. The van der Waals surface area contributed by atoms with Gasteiger partial charge in [-0.25, -0.2) is 4.68 Å². The average molecular weight is 206 g/mol. The number of hydrogen-bond donors (Lipinski definition) is 1. The third-order valence-electron chi connectivity index (χ3n) is 2.28. The van der Waals surface area contributed by atoms with Crippen molar-refractivity contribution < 1.29 is 0 Å². The van der Waals surface area contributed by atoms with Crippen LogP contribution in [0.4, 0.5) is 0 Å². The van der Waals surface area contributed by atoms with Gasteiger partial charge in [-0.2, -0.15) is 5.10 Å². The van der Waals surface area contributed by atoms with Crippen molar-refractivity contribution in [2.45, 2.75) is 19.9 Å². The second kappa shape index (κ2) is 3.82. The summed E-state index contributed by atoms with van der Waals surface area (Å²) in [5.41, 5.74) is 8.44. The van der Waals surface area contributed by atoms with Crippen LogP contribution in [0.1, 0.15) is 18.3 Å². The molecule has 0 aliphatic rings. The van der Waals surface area contributed by atoms with E-state index in [0.29, 0.717) is 6.54 Å². The van der Waals surface area contributed by atoms with Crippen LogP contribution >= 0.6 is 0 Å². The molecule has 0 saturated carbocycles. The van der Waals surface area contributed by atoms with Crippen LogP contribution in [0.2, 0.25) is 0 Å². The highest BCUT2D eigenvalue weighted by atomic mass is 15.4. The summed E-state index contributed by atoms with van der Waals surface area (Å²) in [5.74, 6) is 0. The van der Waals surface area contributed by atoms with Crippen LogP contribution in [0.3, 0.4) is 0 Å². The molecule has 0 aromatic carbocycles. The molecule has 0 spiro atoms. The normalized spacial score (nSPS) is 10.9. The quantitative estimate of drug-likeness (QED) is 0.768. The van der Waals surface area contributed by atoms with Gasteiger partial charge in [0.25, 0.3) is 0 Å². The Morgan fingerprint density at radius 3 is 2.93 bits per heavy atom. The fraction of sp³-hybridized carbons (Fsp3) is 0.444. The molecule has 0 aliphatic heterocycles. The van der Waals surface area contributed by atoms with E-state index in [4.69, 9.17) is 5.73 Å². The molecule has 0 saturated heterocycles. The van der Waals surface area contributed by atoms with Crippen molar-refractivity contribution in [3.63, 3.8) is 0 Å². The van der Waals surface area contributed by atoms with E-state index in [1.54, 1.807) is 15.6 Å². The molecule has 0 radical (unpaired) electrons. The van der Waals surface area contributed by atoms with Crippen molar-refractivity contribution >= 4 is 0 Å². The van der Waals surface area contributed by atoms with Crippen molar-refractivity contribution in [2.75, 3.05) is 0 Å². The topological polar surface area (TPSA) is 74.5 Å². The maximum absolute atomic E-state index is 5.60. The van der Waals surface area contributed by atoms with E-state index >= 15 is 0 Å². The Morgan fingerprint density at radius 1 is 1.47 bits per heavy atom. The van der Waals surface area contributed by atoms with Crippen molar-refractivity contribution in [2.24, 2.45) is 12.8 Å². The van der Waals surface area contributed by atoms with Gasteiger partial charge >= 0.3 is 0 Å². The minimum Gasteiger partial charge on any atom is -0.325 e. The lowest BCUT2D eigenvalue weighted by molar-refractivity contribution is 0.746. The fourth-order valence-corrected chi connectivity index (χ4v) is 1.55. The molecule has 2 aromatic rings. The van der Waals surface area contributed by atoms with Crippen molar-refractivity contribution in [1.82, 2.24) is 24.8 Å². The van der Waals surface area contributed by atoms with Gasteiger partial charge in [-0.3, -0.25) is 4.68 Å². The lowest BCUT2D eigenvalue weighted by Gasteiger charge is -2.02. The Labute approximate surface area is 87.7 Å². The summed E-state index contributed by atoms with van der Waals surface area (Å²) in [6.45, 7) is 2.48. The van der Waals surface area contributed by atoms with E-state index < -0.39 is 0 Å². The van der Waals surface area contributed by atoms with Crippen molar-refractivity contribution in [3.8, 4) is 5.69 Å². The maximum Gasteiger partial charge on any atom is 0.108 e. The van der Waals surface area contributed by atoms with Crippen LogP contribution in [0.5, 0.6) is 0 Å². The second-order valence-corrected chi connectivity index (χ2v) is 3.33. The van der Waals surface area contributed by atoms with E-state index in [-0.39, 0.29) is 0 Å². The number of nitrogens with two attached hydrogens (primary N) is 1. The smallest absolute Gasteiger partial charge is 0.108 e. The molecule has 0 bridgehead atoms. The molecule has 0 fully saturated rings. The number of aromatic nitrogens is 5. The number of nitrogens with zero attached hydrogens (tertiary/aromatic N) is 5. The predicted octanol–water partition coefficient (Wildman–Crippen LogP) is 0.0219. The Balaban J connectivity index is 2.52. The van der Waals surface area contributed by atoms with Crippen molar-refractivity contribution in [1.29, 1.82) is 0 Å².